The minimum atomic E-state index is -0.250. The number of aromatic nitrogens is 2. The molecule has 3 rings (SSSR count). The van der Waals surface area contributed by atoms with Crippen LogP contribution < -0.4 is 10.1 Å². The fourth-order valence-electron chi connectivity index (χ4n) is 2.51. The number of carbonyl (C=O) groups excluding carboxylic acids is 1. The maximum atomic E-state index is 12.6. The van der Waals surface area contributed by atoms with Gasteiger partial charge in [-0.25, -0.2) is 4.68 Å². The van der Waals surface area contributed by atoms with E-state index in [1.807, 2.05) is 54.6 Å². The zero-order valence-corrected chi connectivity index (χ0v) is 14.7. The first-order valence-electron chi connectivity index (χ1n) is 7.82. The summed E-state index contributed by atoms with van der Waals surface area (Å²) in [6.07, 6.45) is 0. The minimum absolute atomic E-state index is 0.250. The molecule has 0 spiro atoms. The standard InChI is InChI=1S/C19H18ClN3O2/c1-13-17(18(20)23(22-13)15-6-4-3-5-7-15)19(24)21-12-14-8-10-16(25-2)11-9-14/h3-11H,12H2,1-2H3,(H,21,24). The highest BCUT2D eigenvalue weighted by molar-refractivity contribution is 6.33. The van der Waals surface area contributed by atoms with Crippen molar-refractivity contribution in [3.8, 4) is 11.4 Å². The Bertz CT molecular complexity index is 874. The van der Waals surface area contributed by atoms with Crippen LogP contribution in [0.2, 0.25) is 5.15 Å². The number of hydrogen-bond acceptors (Lipinski definition) is 3. The van der Waals surface area contributed by atoms with E-state index in [1.54, 1.807) is 18.7 Å². The molecule has 0 fully saturated rings. The highest BCUT2D eigenvalue weighted by Crippen LogP contribution is 2.23. The number of nitrogens with one attached hydrogen (secondary N) is 1. The molecule has 0 unspecified atom stereocenters. The molecule has 1 aromatic heterocycles. The van der Waals surface area contributed by atoms with Crippen LogP contribution >= 0.6 is 11.6 Å². The summed E-state index contributed by atoms with van der Waals surface area (Å²) in [5.74, 6) is 0.526. The quantitative estimate of drug-likeness (QED) is 0.758. The van der Waals surface area contributed by atoms with Crippen molar-refractivity contribution in [2.75, 3.05) is 7.11 Å². The van der Waals surface area contributed by atoms with E-state index in [2.05, 4.69) is 10.4 Å². The van der Waals surface area contributed by atoms with Gasteiger partial charge in [-0.2, -0.15) is 5.10 Å². The third kappa shape index (κ3) is 3.67. The van der Waals surface area contributed by atoms with E-state index in [0.717, 1.165) is 17.0 Å². The molecule has 5 nitrogen and oxygen atoms in total. The molecule has 0 saturated carbocycles. The number of carbonyl (C=O) groups is 1. The van der Waals surface area contributed by atoms with E-state index in [-0.39, 0.29) is 5.91 Å². The molecular weight excluding hydrogens is 338 g/mol. The van der Waals surface area contributed by atoms with Gasteiger partial charge < -0.3 is 10.1 Å². The Balaban J connectivity index is 1.77. The van der Waals surface area contributed by atoms with Crippen molar-refractivity contribution in [2.45, 2.75) is 13.5 Å². The molecule has 1 N–H and O–H groups in total. The number of hydrogen-bond donors (Lipinski definition) is 1. The van der Waals surface area contributed by atoms with Crippen LogP contribution in [0, 0.1) is 6.92 Å². The average Bonchev–Trinajstić information content (AvgIpc) is 2.95. The molecule has 0 saturated heterocycles. The van der Waals surface area contributed by atoms with Gasteiger partial charge in [0, 0.05) is 6.54 Å². The summed E-state index contributed by atoms with van der Waals surface area (Å²) in [6, 6.07) is 17.0. The van der Waals surface area contributed by atoms with E-state index < -0.39 is 0 Å². The zero-order chi connectivity index (χ0) is 17.8. The molecule has 0 aliphatic heterocycles. The molecule has 0 aliphatic carbocycles. The van der Waals surface area contributed by atoms with Crippen molar-refractivity contribution in [2.24, 2.45) is 0 Å². The van der Waals surface area contributed by atoms with Gasteiger partial charge in [-0.3, -0.25) is 4.79 Å². The molecule has 0 radical (unpaired) electrons. The Labute approximate surface area is 151 Å². The maximum absolute atomic E-state index is 12.6. The predicted octanol–water partition coefficient (Wildman–Crippen LogP) is 3.77. The second kappa shape index (κ2) is 7.40. The van der Waals surface area contributed by atoms with Crippen molar-refractivity contribution in [3.63, 3.8) is 0 Å². The minimum Gasteiger partial charge on any atom is -0.497 e. The number of nitrogens with zero attached hydrogens (tertiary/aromatic N) is 2. The maximum Gasteiger partial charge on any atom is 0.256 e. The normalized spacial score (nSPS) is 10.5. The van der Waals surface area contributed by atoms with Crippen LogP contribution in [0.5, 0.6) is 5.75 Å². The van der Waals surface area contributed by atoms with Crippen LogP contribution in [0.3, 0.4) is 0 Å². The molecular formula is C19H18ClN3O2. The Morgan fingerprint density at radius 1 is 1.16 bits per heavy atom. The van der Waals surface area contributed by atoms with Gasteiger partial charge in [0.2, 0.25) is 0 Å². The van der Waals surface area contributed by atoms with Gasteiger partial charge in [0.05, 0.1) is 24.1 Å². The van der Waals surface area contributed by atoms with Crippen molar-refractivity contribution in [1.82, 2.24) is 15.1 Å². The Morgan fingerprint density at radius 2 is 1.84 bits per heavy atom. The molecule has 2 aromatic carbocycles. The Hall–Kier alpha value is -2.79. The summed E-state index contributed by atoms with van der Waals surface area (Å²) in [5, 5.41) is 7.57. The second-order valence-corrected chi connectivity index (χ2v) is 5.89. The highest BCUT2D eigenvalue weighted by atomic mass is 35.5. The molecule has 6 heteroatoms. The van der Waals surface area contributed by atoms with Gasteiger partial charge in [-0.1, -0.05) is 41.9 Å². The van der Waals surface area contributed by atoms with Crippen molar-refractivity contribution in [3.05, 3.63) is 76.6 Å². The molecule has 3 aromatic rings. The number of ether oxygens (including phenoxy) is 1. The smallest absolute Gasteiger partial charge is 0.256 e. The fourth-order valence-corrected chi connectivity index (χ4v) is 2.87. The van der Waals surface area contributed by atoms with Crippen LogP contribution in [-0.2, 0) is 6.54 Å². The zero-order valence-electron chi connectivity index (χ0n) is 14.0. The molecule has 25 heavy (non-hydrogen) atoms. The first kappa shape index (κ1) is 17.0. The van der Waals surface area contributed by atoms with Gasteiger partial charge in [0.1, 0.15) is 10.9 Å². The number of methoxy groups -OCH3 is 1. The van der Waals surface area contributed by atoms with Crippen molar-refractivity contribution < 1.29 is 9.53 Å². The second-order valence-electron chi connectivity index (χ2n) is 5.53. The number of rotatable bonds is 5. The van der Waals surface area contributed by atoms with Gasteiger partial charge in [-0.05, 0) is 36.8 Å². The highest BCUT2D eigenvalue weighted by Gasteiger charge is 2.20. The first-order valence-corrected chi connectivity index (χ1v) is 8.19. The Morgan fingerprint density at radius 3 is 2.48 bits per heavy atom. The summed E-state index contributed by atoms with van der Waals surface area (Å²) < 4.78 is 6.69. The summed E-state index contributed by atoms with van der Waals surface area (Å²) in [4.78, 5) is 12.6. The summed E-state index contributed by atoms with van der Waals surface area (Å²) in [6.45, 7) is 2.17. The van der Waals surface area contributed by atoms with Crippen molar-refractivity contribution >= 4 is 17.5 Å². The lowest BCUT2D eigenvalue weighted by Gasteiger charge is -2.07. The lowest BCUT2D eigenvalue weighted by Crippen LogP contribution is -2.23. The molecule has 128 valence electrons. The van der Waals surface area contributed by atoms with Gasteiger partial charge in [0.25, 0.3) is 5.91 Å². The number of aryl methyl sites for hydroxylation is 1. The number of halogens is 1. The third-order valence-electron chi connectivity index (χ3n) is 3.84. The summed E-state index contributed by atoms with van der Waals surface area (Å²) in [7, 11) is 1.62. The van der Waals surface area contributed by atoms with Crippen LogP contribution in [0.25, 0.3) is 5.69 Å². The van der Waals surface area contributed by atoms with E-state index in [9.17, 15) is 4.79 Å². The molecule has 1 heterocycles. The van der Waals surface area contributed by atoms with Crippen LogP contribution in [0.15, 0.2) is 54.6 Å². The lowest BCUT2D eigenvalue weighted by atomic mass is 10.2. The van der Waals surface area contributed by atoms with Gasteiger partial charge in [-0.15, -0.1) is 0 Å². The summed E-state index contributed by atoms with van der Waals surface area (Å²) >= 11 is 6.40. The Kier molecular flexibility index (Phi) is 5.05. The SMILES string of the molecule is COc1ccc(CNC(=O)c2c(C)nn(-c3ccccc3)c2Cl)cc1. The molecule has 0 bridgehead atoms. The van der Waals surface area contributed by atoms with Gasteiger partial charge in [0.15, 0.2) is 0 Å². The van der Waals surface area contributed by atoms with Crippen LogP contribution in [-0.4, -0.2) is 22.8 Å². The topological polar surface area (TPSA) is 56.1 Å². The van der Waals surface area contributed by atoms with E-state index >= 15 is 0 Å². The number of amides is 1. The van der Waals surface area contributed by atoms with Crippen LogP contribution in [0.1, 0.15) is 21.6 Å². The molecule has 0 aliphatic rings. The third-order valence-corrected chi connectivity index (χ3v) is 4.19. The lowest BCUT2D eigenvalue weighted by molar-refractivity contribution is 0.0950. The molecule has 1 amide bonds. The van der Waals surface area contributed by atoms with E-state index in [0.29, 0.717) is 23.0 Å². The van der Waals surface area contributed by atoms with Gasteiger partial charge >= 0.3 is 0 Å². The largest absolute Gasteiger partial charge is 0.497 e. The van der Waals surface area contributed by atoms with Crippen LogP contribution in [0.4, 0.5) is 0 Å². The average molecular weight is 356 g/mol. The predicted molar refractivity (Wildman–Crippen MR) is 97.5 cm³/mol. The fraction of sp³-hybridized carbons (Fsp3) is 0.158. The number of para-hydroxylation sites is 1. The van der Waals surface area contributed by atoms with Crippen molar-refractivity contribution in [1.29, 1.82) is 0 Å². The number of benzene rings is 2. The monoisotopic (exact) mass is 355 g/mol. The van der Waals surface area contributed by atoms with E-state index in [4.69, 9.17) is 16.3 Å². The summed E-state index contributed by atoms with van der Waals surface area (Å²) in [5.41, 5.74) is 2.75. The van der Waals surface area contributed by atoms with E-state index in [1.165, 1.54) is 0 Å². The first-order chi connectivity index (χ1) is 12.1. The molecule has 0 atom stereocenters.